The van der Waals surface area contributed by atoms with Gasteiger partial charge in [-0.05, 0) is 12.8 Å². The van der Waals surface area contributed by atoms with Gasteiger partial charge in [0.05, 0.1) is 6.42 Å². The molecule has 1 saturated carbocycles. The summed E-state index contributed by atoms with van der Waals surface area (Å²) in [6, 6.07) is -0.475. The van der Waals surface area contributed by atoms with E-state index in [0.717, 1.165) is 32.1 Å². The molecule has 0 heterocycles. The predicted molar refractivity (Wildman–Crippen MR) is 70.5 cm³/mol. The SMILES string of the molecule is O=C(O)CC/C(=N/NC(=O)NC1CCCCC1)C(=O)O. The molecule has 2 amide bonds. The first-order valence-corrected chi connectivity index (χ1v) is 6.57. The van der Waals surface area contributed by atoms with Gasteiger partial charge in [0.1, 0.15) is 5.71 Å². The number of carboxylic acids is 2. The molecule has 0 aromatic rings. The lowest BCUT2D eigenvalue weighted by Gasteiger charge is -2.22. The van der Waals surface area contributed by atoms with Gasteiger partial charge >= 0.3 is 18.0 Å². The summed E-state index contributed by atoms with van der Waals surface area (Å²) in [7, 11) is 0. The van der Waals surface area contributed by atoms with Crippen LogP contribution in [0.5, 0.6) is 0 Å². The van der Waals surface area contributed by atoms with Crippen LogP contribution in [0.25, 0.3) is 0 Å². The number of aliphatic carboxylic acids is 2. The van der Waals surface area contributed by atoms with Gasteiger partial charge in [-0.3, -0.25) is 4.79 Å². The Balaban J connectivity index is 2.42. The number of nitrogens with one attached hydrogen (secondary N) is 2. The van der Waals surface area contributed by atoms with E-state index < -0.39 is 18.0 Å². The Labute approximate surface area is 116 Å². The highest BCUT2D eigenvalue weighted by Gasteiger charge is 2.16. The van der Waals surface area contributed by atoms with E-state index in [-0.39, 0.29) is 24.6 Å². The van der Waals surface area contributed by atoms with Crippen LogP contribution in [0, 0.1) is 0 Å². The van der Waals surface area contributed by atoms with E-state index in [1.54, 1.807) is 0 Å². The van der Waals surface area contributed by atoms with Gasteiger partial charge in [-0.25, -0.2) is 15.0 Å². The third-order valence-corrected chi connectivity index (χ3v) is 3.06. The van der Waals surface area contributed by atoms with E-state index in [1.165, 1.54) is 0 Å². The standard InChI is InChI=1S/C12H19N3O5/c16-10(17)7-6-9(11(18)19)14-15-12(20)13-8-4-2-1-3-5-8/h8H,1-7H2,(H,16,17)(H,18,19)(H2,13,15,20)/b14-9-. The molecule has 0 atom stereocenters. The third-order valence-electron chi connectivity index (χ3n) is 3.06. The van der Waals surface area contributed by atoms with Crippen molar-refractivity contribution in [3.8, 4) is 0 Å². The monoisotopic (exact) mass is 285 g/mol. The largest absolute Gasteiger partial charge is 0.481 e. The molecule has 20 heavy (non-hydrogen) atoms. The number of nitrogens with zero attached hydrogens (tertiary/aromatic N) is 1. The molecule has 1 rings (SSSR count). The van der Waals surface area contributed by atoms with Gasteiger partial charge in [-0.2, -0.15) is 5.10 Å². The van der Waals surface area contributed by atoms with E-state index in [2.05, 4.69) is 15.8 Å². The molecule has 112 valence electrons. The van der Waals surface area contributed by atoms with Gasteiger partial charge in [0.2, 0.25) is 0 Å². The number of amides is 2. The Morgan fingerprint density at radius 1 is 1.05 bits per heavy atom. The Kier molecular flexibility index (Phi) is 6.48. The zero-order chi connectivity index (χ0) is 15.0. The van der Waals surface area contributed by atoms with Gasteiger partial charge in [-0.1, -0.05) is 19.3 Å². The normalized spacial score (nSPS) is 16.5. The number of carbonyl (C=O) groups excluding carboxylic acids is 1. The van der Waals surface area contributed by atoms with Gasteiger partial charge < -0.3 is 15.5 Å². The number of urea groups is 1. The summed E-state index contributed by atoms with van der Waals surface area (Å²) < 4.78 is 0. The molecule has 1 fully saturated rings. The Morgan fingerprint density at radius 3 is 2.25 bits per heavy atom. The topological polar surface area (TPSA) is 128 Å². The van der Waals surface area contributed by atoms with E-state index in [4.69, 9.17) is 10.2 Å². The van der Waals surface area contributed by atoms with E-state index in [1.807, 2.05) is 0 Å². The average molecular weight is 285 g/mol. The molecule has 8 nitrogen and oxygen atoms in total. The predicted octanol–water partition coefficient (Wildman–Crippen LogP) is 0.924. The summed E-state index contributed by atoms with van der Waals surface area (Å²) in [5.41, 5.74) is 1.72. The van der Waals surface area contributed by atoms with Crippen molar-refractivity contribution in [3.05, 3.63) is 0 Å². The maximum absolute atomic E-state index is 11.5. The van der Waals surface area contributed by atoms with Crippen molar-refractivity contribution in [1.82, 2.24) is 10.7 Å². The highest BCUT2D eigenvalue weighted by Crippen LogP contribution is 2.17. The first-order chi connectivity index (χ1) is 9.49. The minimum absolute atomic E-state index is 0.0891. The van der Waals surface area contributed by atoms with Gasteiger partial charge in [0.25, 0.3) is 0 Å². The first-order valence-electron chi connectivity index (χ1n) is 6.57. The zero-order valence-electron chi connectivity index (χ0n) is 11.1. The molecule has 0 saturated heterocycles. The molecule has 4 N–H and O–H groups in total. The maximum atomic E-state index is 11.5. The number of carbonyl (C=O) groups is 3. The maximum Gasteiger partial charge on any atom is 0.352 e. The van der Waals surface area contributed by atoms with Crippen LogP contribution in [0.15, 0.2) is 5.10 Å². The minimum atomic E-state index is -1.34. The molecule has 0 bridgehead atoms. The number of carboxylic acid groups (broad SMARTS) is 2. The lowest BCUT2D eigenvalue weighted by Crippen LogP contribution is -2.41. The van der Waals surface area contributed by atoms with Crippen LogP contribution in [0.3, 0.4) is 0 Å². The number of hydrogen-bond donors (Lipinski definition) is 4. The number of hydrogen-bond acceptors (Lipinski definition) is 4. The average Bonchev–Trinajstić information content (AvgIpc) is 2.39. The van der Waals surface area contributed by atoms with Crippen LogP contribution in [-0.4, -0.2) is 39.9 Å². The summed E-state index contributed by atoms with van der Waals surface area (Å²) in [6.45, 7) is 0. The minimum Gasteiger partial charge on any atom is -0.481 e. The van der Waals surface area contributed by atoms with E-state index in [9.17, 15) is 14.4 Å². The van der Waals surface area contributed by atoms with Crippen LogP contribution in [0.2, 0.25) is 0 Å². The Hall–Kier alpha value is -2.12. The fourth-order valence-corrected chi connectivity index (χ4v) is 2.02. The van der Waals surface area contributed by atoms with Crippen molar-refractivity contribution >= 4 is 23.7 Å². The van der Waals surface area contributed by atoms with Crippen molar-refractivity contribution in [2.45, 2.75) is 51.0 Å². The van der Waals surface area contributed by atoms with Crippen LogP contribution in [-0.2, 0) is 9.59 Å². The van der Waals surface area contributed by atoms with Gasteiger partial charge in [0.15, 0.2) is 0 Å². The van der Waals surface area contributed by atoms with Crippen LogP contribution < -0.4 is 10.7 Å². The number of rotatable bonds is 6. The molecule has 0 spiro atoms. The second-order valence-corrected chi connectivity index (χ2v) is 4.68. The summed E-state index contributed by atoms with van der Waals surface area (Å²) in [6.07, 6.45) is 4.51. The molecule has 1 aliphatic carbocycles. The molecule has 0 unspecified atom stereocenters. The molecule has 0 aliphatic heterocycles. The molecular weight excluding hydrogens is 266 g/mol. The Bertz CT molecular complexity index is 402. The summed E-state index contributed by atoms with van der Waals surface area (Å²) in [5, 5.41) is 23.5. The van der Waals surface area contributed by atoms with Crippen molar-refractivity contribution in [2.75, 3.05) is 0 Å². The summed E-state index contributed by atoms with van der Waals surface area (Å²) >= 11 is 0. The molecular formula is C12H19N3O5. The van der Waals surface area contributed by atoms with E-state index >= 15 is 0 Å². The smallest absolute Gasteiger partial charge is 0.352 e. The van der Waals surface area contributed by atoms with Crippen LogP contribution in [0.1, 0.15) is 44.9 Å². The van der Waals surface area contributed by atoms with Crippen LogP contribution >= 0.6 is 0 Å². The van der Waals surface area contributed by atoms with Crippen molar-refractivity contribution in [2.24, 2.45) is 5.10 Å². The lowest BCUT2D eigenvalue weighted by molar-refractivity contribution is -0.136. The highest BCUT2D eigenvalue weighted by molar-refractivity contribution is 6.35. The van der Waals surface area contributed by atoms with Crippen LogP contribution in [0.4, 0.5) is 4.79 Å². The fourth-order valence-electron chi connectivity index (χ4n) is 2.02. The summed E-state index contributed by atoms with van der Waals surface area (Å²) in [5.74, 6) is -2.46. The quantitative estimate of drug-likeness (QED) is 0.426. The van der Waals surface area contributed by atoms with Crippen molar-refractivity contribution in [1.29, 1.82) is 0 Å². The molecule has 8 heteroatoms. The summed E-state index contributed by atoms with van der Waals surface area (Å²) in [4.78, 5) is 32.7. The van der Waals surface area contributed by atoms with Gasteiger partial charge in [-0.15, -0.1) is 0 Å². The third kappa shape index (κ3) is 6.17. The van der Waals surface area contributed by atoms with Gasteiger partial charge in [0, 0.05) is 12.5 Å². The van der Waals surface area contributed by atoms with E-state index in [0.29, 0.717) is 0 Å². The fraction of sp³-hybridized carbons (Fsp3) is 0.667. The number of hydrazone groups is 1. The highest BCUT2D eigenvalue weighted by atomic mass is 16.4. The zero-order valence-corrected chi connectivity index (χ0v) is 11.1. The first kappa shape index (κ1) is 15.9. The van der Waals surface area contributed by atoms with Crippen molar-refractivity contribution < 1.29 is 24.6 Å². The molecule has 1 aliphatic rings. The molecule has 0 aromatic heterocycles. The molecule has 0 radical (unpaired) electrons. The second kappa shape index (κ2) is 8.13. The van der Waals surface area contributed by atoms with Crippen molar-refractivity contribution in [3.63, 3.8) is 0 Å². The lowest BCUT2D eigenvalue weighted by atomic mass is 9.96. The Morgan fingerprint density at radius 2 is 1.70 bits per heavy atom. The molecule has 0 aromatic carbocycles. The second-order valence-electron chi connectivity index (χ2n) is 4.68.